The van der Waals surface area contributed by atoms with Gasteiger partial charge in [0, 0.05) is 12.6 Å². The number of nitrogens with zero attached hydrogens (tertiary/aromatic N) is 2. The Morgan fingerprint density at radius 2 is 2.53 bits per heavy atom. The molecular weight excluding hydrogens is 206 g/mol. The zero-order valence-corrected chi connectivity index (χ0v) is 9.67. The monoisotopic (exact) mass is 223 g/mol. The average molecular weight is 223 g/mol. The molecule has 2 rings (SSSR count). The van der Waals surface area contributed by atoms with Crippen molar-refractivity contribution < 1.29 is 0 Å². The van der Waals surface area contributed by atoms with Gasteiger partial charge >= 0.3 is 0 Å². The number of piperidine rings is 1. The van der Waals surface area contributed by atoms with Crippen molar-refractivity contribution in [1.82, 2.24) is 4.37 Å². The van der Waals surface area contributed by atoms with Crippen LogP contribution in [0.4, 0.5) is 10.7 Å². The second-order valence-corrected chi connectivity index (χ2v) is 4.78. The topological polar surface area (TPSA) is 42.2 Å². The number of nitrogens with two attached hydrogens (primary N) is 1. The Hall–Kier alpha value is -1.03. The number of hydrogen-bond donors (Lipinski definition) is 1. The van der Waals surface area contributed by atoms with Crippen LogP contribution in [0.25, 0.3) is 0 Å². The number of anilines is 2. The molecule has 82 valence electrons. The smallest absolute Gasteiger partial charge is 0.130 e. The van der Waals surface area contributed by atoms with Crippen molar-refractivity contribution in [2.45, 2.75) is 31.7 Å². The van der Waals surface area contributed by atoms with E-state index in [1.807, 2.05) is 12.3 Å². The molecule has 0 radical (unpaired) electrons. The van der Waals surface area contributed by atoms with Crippen molar-refractivity contribution in [2.24, 2.45) is 0 Å². The quantitative estimate of drug-likeness (QED) is 0.801. The molecule has 2 N–H and O–H groups in total. The van der Waals surface area contributed by atoms with E-state index in [9.17, 15) is 0 Å². The van der Waals surface area contributed by atoms with Gasteiger partial charge in [0.15, 0.2) is 0 Å². The fourth-order valence-corrected chi connectivity index (χ4v) is 2.74. The van der Waals surface area contributed by atoms with Gasteiger partial charge < -0.3 is 10.6 Å². The summed E-state index contributed by atoms with van der Waals surface area (Å²) in [5.74, 6) is 0. The summed E-state index contributed by atoms with van der Waals surface area (Å²) in [6, 6.07) is 0.565. The van der Waals surface area contributed by atoms with Crippen molar-refractivity contribution in [2.75, 3.05) is 17.2 Å². The molecule has 15 heavy (non-hydrogen) atoms. The van der Waals surface area contributed by atoms with Crippen LogP contribution in [0.1, 0.15) is 25.7 Å². The highest BCUT2D eigenvalue weighted by Gasteiger charge is 2.23. The molecule has 3 nitrogen and oxygen atoms in total. The standard InChI is InChI=1S/C11H17N3S/c1-2-5-9-6-3-4-7-14(9)10-8-13-15-11(10)12/h2,8-9H,1,3-7,12H2. The van der Waals surface area contributed by atoms with E-state index < -0.39 is 0 Å². The molecule has 1 aliphatic heterocycles. The summed E-state index contributed by atoms with van der Waals surface area (Å²) in [5.41, 5.74) is 7.04. The van der Waals surface area contributed by atoms with E-state index in [1.54, 1.807) is 0 Å². The molecule has 1 aromatic heterocycles. The minimum atomic E-state index is 0.565. The molecule has 1 saturated heterocycles. The number of rotatable bonds is 3. The normalized spacial score (nSPS) is 21.6. The molecule has 1 unspecified atom stereocenters. The van der Waals surface area contributed by atoms with Gasteiger partial charge in [-0.1, -0.05) is 6.08 Å². The first-order valence-corrected chi connectivity index (χ1v) is 6.18. The van der Waals surface area contributed by atoms with Gasteiger partial charge in [0.1, 0.15) is 5.00 Å². The molecule has 0 amide bonds. The van der Waals surface area contributed by atoms with Crippen molar-refractivity contribution in [3.05, 3.63) is 18.9 Å². The lowest BCUT2D eigenvalue weighted by Gasteiger charge is -2.36. The lowest BCUT2D eigenvalue weighted by Crippen LogP contribution is -2.39. The van der Waals surface area contributed by atoms with Crippen molar-refractivity contribution in [1.29, 1.82) is 0 Å². The van der Waals surface area contributed by atoms with E-state index in [-0.39, 0.29) is 0 Å². The summed E-state index contributed by atoms with van der Waals surface area (Å²) in [5, 5.41) is 0.839. The highest BCUT2D eigenvalue weighted by molar-refractivity contribution is 7.10. The van der Waals surface area contributed by atoms with Crippen LogP contribution in [0.5, 0.6) is 0 Å². The second kappa shape index (κ2) is 4.66. The lowest BCUT2D eigenvalue weighted by molar-refractivity contribution is 0.463. The summed E-state index contributed by atoms with van der Waals surface area (Å²) in [4.78, 5) is 2.39. The molecule has 2 heterocycles. The van der Waals surface area contributed by atoms with Gasteiger partial charge in [0.25, 0.3) is 0 Å². The summed E-state index contributed by atoms with van der Waals surface area (Å²) < 4.78 is 4.14. The van der Waals surface area contributed by atoms with E-state index in [1.165, 1.54) is 30.8 Å². The molecule has 1 fully saturated rings. The van der Waals surface area contributed by atoms with Gasteiger partial charge in [-0.3, -0.25) is 0 Å². The van der Waals surface area contributed by atoms with E-state index in [4.69, 9.17) is 5.73 Å². The molecule has 1 atom stereocenters. The first-order valence-electron chi connectivity index (χ1n) is 5.40. The van der Waals surface area contributed by atoms with Crippen LogP contribution in [0.2, 0.25) is 0 Å². The third-order valence-electron chi connectivity index (χ3n) is 2.95. The van der Waals surface area contributed by atoms with Crippen LogP contribution in [0.3, 0.4) is 0 Å². The van der Waals surface area contributed by atoms with Gasteiger partial charge in [-0.15, -0.1) is 6.58 Å². The van der Waals surface area contributed by atoms with Crippen LogP contribution in [0.15, 0.2) is 18.9 Å². The predicted octanol–water partition coefficient (Wildman–Crippen LogP) is 2.66. The highest BCUT2D eigenvalue weighted by atomic mass is 32.1. The average Bonchev–Trinajstić information content (AvgIpc) is 2.66. The molecule has 0 saturated carbocycles. The van der Waals surface area contributed by atoms with Crippen LogP contribution in [0, 0.1) is 0 Å². The van der Waals surface area contributed by atoms with E-state index >= 15 is 0 Å². The van der Waals surface area contributed by atoms with Crippen LogP contribution < -0.4 is 10.6 Å². The van der Waals surface area contributed by atoms with Gasteiger partial charge in [0.2, 0.25) is 0 Å². The molecule has 1 aromatic rings. The summed E-state index contributed by atoms with van der Waals surface area (Å²) in [7, 11) is 0. The Morgan fingerprint density at radius 3 is 3.20 bits per heavy atom. The van der Waals surface area contributed by atoms with Crippen LogP contribution in [-0.4, -0.2) is 17.0 Å². The SMILES string of the molecule is C=CCC1CCCCN1c1cnsc1N. The van der Waals surface area contributed by atoms with E-state index in [0.29, 0.717) is 6.04 Å². The van der Waals surface area contributed by atoms with Gasteiger partial charge in [-0.25, -0.2) is 0 Å². The minimum absolute atomic E-state index is 0.565. The molecule has 0 aromatic carbocycles. The van der Waals surface area contributed by atoms with E-state index in [2.05, 4.69) is 15.9 Å². The third-order valence-corrected chi connectivity index (χ3v) is 3.57. The maximum absolute atomic E-state index is 5.92. The molecule has 0 spiro atoms. The third kappa shape index (κ3) is 2.15. The maximum Gasteiger partial charge on any atom is 0.130 e. The number of hydrogen-bond acceptors (Lipinski definition) is 4. The van der Waals surface area contributed by atoms with Crippen molar-refractivity contribution >= 4 is 22.2 Å². The zero-order valence-electron chi connectivity index (χ0n) is 8.85. The highest BCUT2D eigenvalue weighted by Crippen LogP contribution is 2.32. The molecule has 0 bridgehead atoms. The van der Waals surface area contributed by atoms with E-state index in [0.717, 1.165) is 23.7 Å². The summed E-state index contributed by atoms with van der Waals surface area (Å²) in [6.45, 7) is 4.92. The lowest BCUT2D eigenvalue weighted by atomic mass is 9.99. The van der Waals surface area contributed by atoms with Crippen molar-refractivity contribution in [3.63, 3.8) is 0 Å². The molecule has 1 aliphatic rings. The first kappa shape index (κ1) is 10.5. The van der Waals surface area contributed by atoms with Crippen LogP contribution >= 0.6 is 11.5 Å². The van der Waals surface area contributed by atoms with Crippen LogP contribution in [-0.2, 0) is 0 Å². The largest absolute Gasteiger partial charge is 0.388 e. The predicted molar refractivity (Wildman–Crippen MR) is 66.3 cm³/mol. The summed E-state index contributed by atoms with van der Waals surface area (Å²) in [6.07, 6.45) is 8.73. The fourth-order valence-electron chi connectivity index (χ4n) is 2.21. The first-order chi connectivity index (χ1) is 7.33. The second-order valence-electron chi connectivity index (χ2n) is 3.94. The Balaban J connectivity index is 2.17. The Bertz CT molecular complexity index is 334. The molecule has 4 heteroatoms. The maximum atomic E-state index is 5.92. The minimum Gasteiger partial charge on any atom is -0.388 e. The van der Waals surface area contributed by atoms with Gasteiger partial charge in [-0.2, -0.15) is 4.37 Å². The Kier molecular flexibility index (Phi) is 3.26. The Morgan fingerprint density at radius 1 is 1.67 bits per heavy atom. The van der Waals surface area contributed by atoms with Gasteiger partial charge in [0.05, 0.1) is 11.9 Å². The number of nitrogen functional groups attached to an aromatic ring is 1. The van der Waals surface area contributed by atoms with Crippen molar-refractivity contribution in [3.8, 4) is 0 Å². The Labute approximate surface area is 94.8 Å². The summed E-state index contributed by atoms with van der Waals surface area (Å²) >= 11 is 1.38. The van der Waals surface area contributed by atoms with Gasteiger partial charge in [-0.05, 0) is 37.2 Å². The fraction of sp³-hybridized carbons (Fsp3) is 0.545. The zero-order chi connectivity index (χ0) is 10.7. The number of aromatic nitrogens is 1. The molecular formula is C11H17N3S. The molecule has 0 aliphatic carbocycles.